The average Bonchev–Trinajstić information content (AvgIpc) is 2.60. The zero-order chi connectivity index (χ0) is 18.1. The minimum atomic E-state index is -0.330. The van der Waals surface area contributed by atoms with Crippen molar-refractivity contribution in [3.63, 3.8) is 0 Å². The Morgan fingerprint density at radius 2 is 2.16 bits per heavy atom. The monoisotopic (exact) mass is 382 g/mol. The third kappa shape index (κ3) is 3.46. The molecule has 3 rings (SSSR count). The number of benzene rings is 1. The highest BCUT2D eigenvalue weighted by molar-refractivity contribution is 6.31. The molecule has 25 heavy (non-hydrogen) atoms. The topological polar surface area (TPSA) is 58.4 Å². The number of halogens is 2. The fourth-order valence-corrected chi connectivity index (χ4v) is 3.71. The Bertz CT molecular complexity index is 866. The lowest BCUT2D eigenvalue weighted by Gasteiger charge is -2.34. The van der Waals surface area contributed by atoms with E-state index in [2.05, 4.69) is 4.98 Å². The summed E-state index contributed by atoms with van der Waals surface area (Å²) >= 11 is 11.9. The Labute approximate surface area is 155 Å². The molecule has 1 unspecified atom stereocenters. The van der Waals surface area contributed by atoms with Crippen LogP contribution in [0.3, 0.4) is 0 Å². The average molecular weight is 383 g/mol. The van der Waals surface area contributed by atoms with Crippen molar-refractivity contribution in [3.05, 3.63) is 33.7 Å². The van der Waals surface area contributed by atoms with Gasteiger partial charge in [0.1, 0.15) is 11.7 Å². The largest absolute Gasteiger partial charge is 0.362 e. The van der Waals surface area contributed by atoms with Crippen molar-refractivity contribution in [2.24, 2.45) is 0 Å². The Hall–Kier alpha value is -1.79. The molecule has 1 aromatic carbocycles. The standard InChI is InChI=1S/C17H20Cl2N4O2/c1-21(2)16-13-6-5-11(19)8-14(13)23(17(25)20-16)12-4-3-7-22(10-12)15(24)9-18/h5-6,8,12H,3-4,7,9-10H2,1-2H3. The van der Waals surface area contributed by atoms with Gasteiger partial charge in [0.05, 0.1) is 11.6 Å². The minimum Gasteiger partial charge on any atom is -0.362 e. The van der Waals surface area contributed by atoms with Gasteiger partial charge in [0.2, 0.25) is 5.91 Å². The van der Waals surface area contributed by atoms with E-state index in [1.54, 1.807) is 21.6 Å². The molecule has 1 aliphatic heterocycles. The van der Waals surface area contributed by atoms with E-state index in [-0.39, 0.29) is 23.5 Å². The molecule has 8 heteroatoms. The molecule has 1 aliphatic rings. The lowest BCUT2D eigenvalue weighted by Crippen LogP contribution is -2.44. The Morgan fingerprint density at radius 3 is 2.84 bits per heavy atom. The molecule has 0 bridgehead atoms. The van der Waals surface area contributed by atoms with Crippen molar-refractivity contribution in [1.29, 1.82) is 0 Å². The summed E-state index contributed by atoms with van der Waals surface area (Å²) in [5.41, 5.74) is 0.407. The van der Waals surface area contributed by atoms with Gasteiger partial charge in [-0.3, -0.25) is 9.36 Å². The summed E-state index contributed by atoms with van der Waals surface area (Å²) in [5, 5.41) is 1.41. The van der Waals surface area contributed by atoms with Crippen LogP contribution < -0.4 is 10.6 Å². The molecule has 0 aliphatic carbocycles. The molecule has 2 heterocycles. The summed E-state index contributed by atoms with van der Waals surface area (Å²) in [6.07, 6.45) is 1.62. The first-order chi connectivity index (χ1) is 11.9. The van der Waals surface area contributed by atoms with Crippen molar-refractivity contribution < 1.29 is 4.79 Å². The molecule has 134 valence electrons. The molecular formula is C17H20Cl2N4O2. The number of carbonyl (C=O) groups is 1. The van der Waals surface area contributed by atoms with Crippen LogP contribution in [0.4, 0.5) is 5.82 Å². The molecule has 1 fully saturated rings. The molecule has 1 aromatic heterocycles. The van der Waals surface area contributed by atoms with Gasteiger partial charge in [0, 0.05) is 37.6 Å². The predicted molar refractivity (Wildman–Crippen MR) is 101 cm³/mol. The van der Waals surface area contributed by atoms with E-state index in [0.29, 0.717) is 23.9 Å². The zero-order valence-corrected chi connectivity index (χ0v) is 15.7. The summed E-state index contributed by atoms with van der Waals surface area (Å²) in [7, 11) is 3.70. The summed E-state index contributed by atoms with van der Waals surface area (Å²) in [6.45, 7) is 1.12. The summed E-state index contributed by atoms with van der Waals surface area (Å²) < 4.78 is 1.67. The van der Waals surface area contributed by atoms with Crippen molar-refractivity contribution in [2.45, 2.75) is 18.9 Å². The van der Waals surface area contributed by atoms with Crippen LogP contribution in [0.1, 0.15) is 18.9 Å². The predicted octanol–water partition coefficient (Wildman–Crippen LogP) is 2.52. The van der Waals surface area contributed by atoms with E-state index in [9.17, 15) is 9.59 Å². The Balaban J connectivity index is 2.14. The second kappa shape index (κ2) is 7.22. The molecule has 6 nitrogen and oxygen atoms in total. The van der Waals surface area contributed by atoms with E-state index in [4.69, 9.17) is 23.2 Å². The first-order valence-electron chi connectivity index (χ1n) is 8.15. The number of fused-ring (bicyclic) bond motifs is 1. The highest BCUT2D eigenvalue weighted by Gasteiger charge is 2.27. The number of aromatic nitrogens is 2. The van der Waals surface area contributed by atoms with Gasteiger partial charge in [-0.25, -0.2) is 4.79 Å². The number of hydrogen-bond donors (Lipinski definition) is 0. The van der Waals surface area contributed by atoms with E-state index < -0.39 is 0 Å². The van der Waals surface area contributed by atoms with E-state index in [1.165, 1.54) is 0 Å². The number of piperidine rings is 1. The van der Waals surface area contributed by atoms with Gasteiger partial charge >= 0.3 is 5.69 Å². The highest BCUT2D eigenvalue weighted by atomic mass is 35.5. The SMILES string of the molecule is CN(C)c1nc(=O)n(C2CCCN(C(=O)CCl)C2)c2cc(Cl)ccc12. The number of carbonyl (C=O) groups excluding carboxylic acids is 1. The number of nitrogens with zero attached hydrogens (tertiary/aromatic N) is 4. The molecule has 1 amide bonds. The van der Waals surface area contributed by atoms with E-state index >= 15 is 0 Å². The number of amides is 1. The fourth-order valence-electron chi connectivity index (χ4n) is 3.37. The third-order valence-electron chi connectivity index (χ3n) is 4.52. The Kier molecular flexibility index (Phi) is 5.20. The summed E-state index contributed by atoms with van der Waals surface area (Å²) in [6, 6.07) is 5.31. The maximum atomic E-state index is 12.8. The molecule has 1 atom stereocenters. The molecule has 0 radical (unpaired) electrons. The van der Waals surface area contributed by atoms with Gasteiger partial charge in [-0.15, -0.1) is 11.6 Å². The normalized spacial score (nSPS) is 17.8. The Morgan fingerprint density at radius 1 is 1.40 bits per heavy atom. The smallest absolute Gasteiger partial charge is 0.350 e. The maximum Gasteiger partial charge on any atom is 0.350 e. The summed E-state index contributed by atoms with van der Waals surface area (Å²) in [5.74, 6) is 0.448. The number of anilines is 1. The molecule has 0 N–H and O–H groups in total. The quantitative estimate of drug-likeness (QED) is 0.765. The molecule has 0 saturated carbocycles. The number of alkyl halides is 1. The van der Waals surface area contributed by atoms with Crippen LogP contribution in [0.2, 0.25) is 5.02 Å². The van der Waals surface area contributed by atoms with Crippen LogP contribution >= 0.6 is 23.2 Å². The van der Waals surface area contributed by atoms with Crippen LogP contribution in [0.15, 0.2) is 23.0 Å². The number of rotatable bonds is 3. The van der Waals surface area contributed by atoms with Crippen molar-refractivity contribution >= 4 is 45.8 Å². The first-order valence-corrected chi connectivity index (χ1v) is 9.06. The van der Waals surface area contributed by atoms with Gasteiger partial charge in [0.25, 0.3) is 0 Å². The maximum absolute atomic E-state index is 12.8. The number of hydrogen-bond acceptors (Lipinski definition) is 4. The zero-order valence-electron chi connectivity index (χ0n) is 14.2. The van der Waals surface area contributed by atoms with E-state index in [1.807, 2.05) is 25.1 Å². The fraction of sp³-hybridized carbons (Fsp3) is 0.471. The van der Waals surface area contributed by atoms with Gasteiger partial charge < -0.3 is 9.80 Å². The van der Waals surface area contributed by atoms with Gasteiger partial charge in [-0.05, 0) is 31.0 Å². The lowest BCUT2D eigenvalue weighted by atomic mass is 10.0. The van der Waals surface area contributed by atoms with Crippen LogP contribution in [-0.4, -0.2) is 53.4 Å². The van der Waals surface area contributed by atoms with Gasteiger partial charge in [-0.2, -0.15) is 4.98 Å². The van der Waals surface area contributed by atoms with Crippen LogP contribution in [0.5, 0.6) is 0 Å². The van der Waals surface area contributed by atoms with Crippen molar-refractivity contribution in [1.82, 2.24) is 14.5 Å². The lowest BCUT2D eigenvalue weighted by molar-refractivity contribution is -0.130. The second-order valence-corrected chi connectivity index (χ2v) is 7.12. The summed E-state index contributed by atoms with van der Waals surface area (Å²) in [4.78, 5) is 32.5. The van der Waals surface area contributed by atoms with E-state index in [0.717, 1.165) is 23.7 Å². The highest BCUT2D eigenvalue weighted by Crippen LogP contribution is 2.29. The van der Waals surface area contributed by atoms with Crippen molar-refractivity contribution in [2.75, 3.05) is 38.0 Å². The molecule has 1 saturated heterocycles. The molecular weight excluding hydrogens is 363 g/mol. The van der Waals surface area contributed by atoms with Gasteiger partial charge in [0.15, 0.2) is 0 Å². The second-order valence-electron chi connectivity index (χ2n) is 6.41. The number of likely N-dealkylation sites (tertiary alicyclic amines) is 1. The third-order valence-corrected chi connectivity index (χ3v) is 4.98. The first kappa shape index (κ1) is 18.0. The van der Waals surface area contributed by atoms with Crippen LogP contribution in [0.25, 0.3) is 10.9 Å². The minimum absolute atomic E-state index is 0.0496. The van der Waals surface area contributed by atoms with Gasteiger partial charge in [-0.1, -0.05) is 11.6 Å². The van der Waals surface area contributed by atoms with Crippen LogP contribution in [-0.2, 0) is 4.79 Å². The molecule has 0 spiro atoms. The molecule has 2 aromatic rings. The van der Waals surface area contributed by atoms with Crippen molar-refractivity contribution in [3.8, 4) is 0 Å². The van der Waals surface area contributed by atoms with Crippen LogP contribution in [0, 0.1) is 0 Å².